The maximum atomic E-state index is 12.8. The predicted molar refractivity (Wildman–Crippen MR) is 95.0 cm³/mol. The number of rotatable bonds is 3. The third-order valence-corrected chi connectivity index (χ3v) is 4.11. The molecule has 1 saturated heterocycles. The molecule has 0 bridgehead atoms. The maximum absolute atomic E-state index is 12.8. The number of hydrogen-bond donors (Lipinski definition) is 1. The van der Waals surface area contributed by atoms with Crippen molar-refractivity contribution >= 4 is 35.0 Å². The Bertz CT molecular complexity index is 822. The second-order valence-electron chi connectivity index (χ2n) is 5.45. The molecule has 3 rings (SSSR count). The van der Waals surface area contributed by atoms with Crippen molar-refractivity contribution in [3.63, 3.8) is 0 Å². The first-order valence-corrected chi connectivity index (χ1v) is 7.87. The number of para-hydroxylation sites is 1. The number of aryl methyl sites for hydroxylation is 3. The molecule has 2 heterocycles. The van der Waals surface area contributed by atoms with Crippen LogP contribution in [0.1, 0.15) is 23.9 Å². The second-order valence-corrected chi connectivity index (χ2v) is 5.83. The van der Waals surface area contributed by atoms with Crippen LogP contribution in [0.4, 0.5) is 5.69 Å². The fourth-order valence-electron chi connectivity index (χ4n) is 2.70. The normalized spacial score (nSPS) is 16.3. The zero-order chi connectivity index (χ0) is 16.6. The van der Waals surface area contributed by atoms with Crippen LogP contribution in [0.15, 0.2) is 36.0 Å². The zero-order valence-electron chi connectivity index (χ0n) is 13.3. The molecule has 23 heavy (non-hydrogen) atoms. The molecule has 1 aliphatic rings. The number of anilines is 1. The fourth-order valence-corrected chi connectivity index (χ4v) is 2.99. The molecule has 0 unspecified atom stereocenters. The lowest BCUT2D eigenvalue weighted by atomic mass is 10.1. The van der Waals surface area contributed by atoms with Gasteiger partial charge < -0.3 is 5.32 Å². The van der Waals surface area contributed by atoms with Gasteiger partial charge in [0.25, 0.3) is 5.91 Å². The molecule has 0 saturated carbocycles. The highest BCUT2D eigenvalue weighted by Crippen LogP contribution is 2.26. The van der Waals surface area contributed by atoms with Gasteiger partial charge in [-0.2, -0.15) is 5.10 Å². The zero-order valence-corrected chi connectivity index (χ0v) is 14.1. The monoisotopic (exact) mass is 326 g/mol. The van der Waals surface area contributed by atoms with Crippen LogP contribution in [-0.2, 0) is 18.3 Å². The Kier molecular flexibility index (Phi) is 4.00. The van der Waals surface area contributed by atoms with Crippen LogP contribution in [0.25, 0.3) is 6.08 Å². The second kappa shape index (κ2) is 5.96. The van der Waals surface area contributed by atoms with E-state index < -0.39 is 0 Å². The van der Waals surface area contributed by atoms with E-state index >= 15 is 0 Å². The first-order chi connectivity index (χ1) is 11.0. The standard InChI is InChI=1S/C17H18N4OS/c1-4-12-7-5-6-8-15(12)21-16(22)14(18-17(21)23)10-13-9-11(2)19-20(13)3/h5-10H,4H2,1-3H3,(H,18,23)/b14-10+. The highest BCUT2D eigenvalue weighted by molar-refractivity contribution is 7.80. The molecule has 1 N–H and O–H groups in total. The molecule has 0 radical (unpaired) electrons. The van der Waals surface area contributed by atoms with E-state index in [4.69, 9.17) is 12.2 Å². The molecule has 6 heteroatoms. The van der Waals surface area contributed by atoms with E-state index in [0.29, 0.717) is 10.8 Å². The molecule has 1 fully saturated rings. The van der Waals surface area contributed by atoms with Gasteiger partial charge in [0.2, 0.25) is 0 Å². The van der Waals surface area contributed by atoms with Crippen LogP contribution in [-0.4, -0.2) is 20.8 Å². The average Bonchev–Trinajstić information content (AvgIpc) is 2.98. The van der Waals surface area contributed by atoms with Crippen molar-refractivity contribution in [1.82, 2.24) is 15.1 Å². The van der Waals surface area contributed by atoms with Gasteiger partial charge >= 0.3 is 0 Å². The number of carbonyl (C=O) groups is 1. The average molecular weight is 326 g/mol. The van der Waals surface area contributed by atoms with Gasteiger partial charge in [-0.25, -0.2) is 0 Å². The van der Waals surface area contributed by atoms with Gasteiger partial charge in [0.05, 0.1) is 17.1 Å². The molecule has 5 nitrogen and oxygen atoms in total. The Morgan fingerprint density at radius 1 is 1.35 bits per heavy atom. The van der Waals surface area contributed by atoms with E-state index in [0.717, 1.165) is 29.1 Å². The van der Waals surface area contributed by atoms with Gasteiger partial charge in [-0.3, -0.25) is 14.4 Å². The molecule has 2 aromatic rings. The number of carbonyl (C=O) groups excluding carboxylic acids is 1. The van der Waals surface area contributed by atoms with Crippen molar-refractivity contribution in [1.29, 1.82) is 0 Å². The lowest BCUT2D eigenvalue weighted by molar-refractivity contribution is -0.113. The highest BCUT2D eigenvalue weighted by Gasteiger charge is 2.33. The molecule has 1 aromatic heterocycles. The molecule has 1 amide bonds. The number of nitrogens with zero attached hydrogens (tertiary/aromatic N) is 3. The van der Waals surface area contributed by atoms with Crippen molar-refractivity contribution in [2.75, 3.05) is 4.90 Å². The number of hydrogen-bond acceptors (Lipinski definition) is 3. The first-order valence-electron chi connectivity index (χ1n) is 7.47. The van der Waals surface area contributed by atoms with E-state index in [1.165, 1.54) is 0 Å². The highest BCUT2D eigenvalue weighted by atomic mass is 32.1. The third kappa shape index (κ3) is 2.77. The number of nitrogens with one attached hydrogen (secondary N) is 1. The summed E-state index contributed by atoms with van der Waals surface area (Å²) >= 11 is 5.37. The summed E-state index contributed by atoms with van der Waals surface area (Å²) in [6.45, 7) is 3.98. The Hall–Kier alpha value is -2.47. The minimum Gasteiger partial charge on any atom is -0.327 e. The molecule has 1 aliphatic heterocycles. The van der Waals surface area contributed by atoms with E-state index in [1.807, 2.05) is 44.3 Å². The van der Waals surface area contributed by atoms with Gasteiger partial charge in [0.1, 0.15) is 5.70 Å². The lowest BCUT2D eigenvalue weighted by Gasteiger charge is -2.17. The van der Waals surface area contributed by atoms with Crippen LogP contribution < -0.4 is 10.2 Å². The molecule has 1 aromatic carbocycles. The Morgan fingerprint density at radius 2 is 2.09 bits per heavy atom. The third-order valence-electron chi connectivity index (χ3n) is 3.82. The summed E-state index contributed by atoms with van der Waals surface area (Å²) in [5.41, 5.74) is 4.14. The summed E-state index contributed by atoms with van der Waals surface area (Å²) in [6, 6.07) is 9.73. The van der Waals surface area contributed by atoms with Crippen molar-refractivity contribution in [2.45, 2.75) is 20.3 Å². The minimum absolute atomic E-state index is 0.144. The largest absolute Gasteiger partial charge is 0.327 e. The van der Waals surface area contributed by atoms with Crippen molar-refractivity contribution in [3.8, 4) is 0 Å². The van der Waals surface area contributed by atoms with Crippen molar-refractivity contribution in [2.24, 2.45) is 7.05 Å². The fraction of sp³-hybridized carbons (Fsp3) is 0.235. The van der Waals surface area contributed by atoms with E-state index in [1.54, 1.807) is 15.7 Å². The summed E-state index contributed by atoms with van der Waals surface area (Å²) in [7, 11) is 1.85. The molecule has 118 valence electrons. The minimum atomic E-state index is -0.144. The lowest BCUT2D eigenvalue weighted by Crippen LogP contribution is -2.31. The quantitative estimate of drug-likeness (QED) is 0.696. The molecular formula is C17H18N4OS. The van der Waals surface area contributed by atoms with E-state index in [9.17, 15) is 4.79 Å². The van der Waals surface area contributed by atoms with Crippen molar-refractivity contribution < 1.29 is 4.79 Å². The smallest absolute Gasteiger partial charge is 0.281 e. The van der Waals surface area contributed by atoms with E-state index in [2.05, 4.69) is 17.3 Å². The van der Waals surface area contributed by atoms with Gasteiger partial charge in [0, 0.05) is 7.05 Å². The Balaban J connectivity index is 1.99. The Labute approximate surface area is 140 Å². The number of thiocarbonyl (C=S) groups is 1. The van der Waals surface area contributed by atoms with Gasteiger partial charge in [-0.1, -0.05) is 25.1 Å². The van der Waals surface area contributed by atoms with Gasteiger partial charge in [-0.05, 0) is 49.3 Å². The first kappa shape index (κ1) is 15.4. The Morgan fingerprint density at radius 3 is 2.74 bits per heavy atom. The molecule has 0 spiro atoms. The molecule has 0 aliphatic carbocycles. The van der Waals surface area contributed by atoms with Gasteiger partial charge in [0.15, 0.2) is 5.11 Å². The predicted octanol–water partition coefficient (Wildman–Crippen LogP) is 2.55. The molecular weight excluding hydrogens is 308 g/mol. The SMILES string of the molecule is CCc1ccccc1N1C(=O)/C(=C\c2cc(C)nn2C)NC1=S. The van der Waals surface area contributed by atoms with Gasteiger partial charge in [-0.15, -0.1) is 0 Å². The maximum Gasteiger partial charge on any atom is 0.281 e. The summed E-state index contributed by atoms with van der Waals surface area (Å²) in [5, 5.41) is 7.71. The molecule has 0 atom stereocenters. The number of amides is 1. The summed E-state index contributed by atoms with van der Waals surface area (Å²) in [6.07, 6.45) is 2.62. The summed E-state index contributed by atoms with van der Waals surface area (Å²) in [5.74, 6) is -0.144. The van der Waals surface area contributed by atoms with Crippen LogP contribution in [0.5, 0.6) is 0 Å². The topological polar surface area (TPSA) is 50.2 Å². The summed E-state index contributed by atoms with van der Waals surface area (Å²) < 4.78 is 1.74. The van der Waals surface area contributed by atoms with E-state index in [-0.39, 0.29) is 5.91 Å². The summed E-state index contributed by atoms with van der Waals surface area (Å²) in [4.78, 5) is 14.3. The van der Waals surface area contributed by atoms with Crippen LogP contribution in [0, 0.1) is 6.92 Å². The van der Waals surface area contributed by atoms with Crippen LogP contribution in [0.2, 0.25) is 0 Å². The number of aromatic nitrogens is 2. The van der Waals surface area contributed by atoms with Crippen molar-refractivity contribution in [3.05, 3.63) is 53.0 Å². The van der Waals surface area contributed by atoms with Crippen LogP contribution in [0.3, 0.4) is 0 Å². The number of benzene rings is 1. The van der Waals surface area contributed by atoms with Crippen LogP contribution >= 0.6 is 12.2 Å².